The van der Waals surface area contributed by atoms with E-state index in [0.717, 1.165) is 53.3 Å². The molecule has 1 aromatic carbocycles. The number of nitrogens with zero attached hydrogens (tertiary/aromatic N) is 1. The van der Waals surface area contributed by atoms with Crippen molar-refractivity contribution < 1.29 is 14.6 Å². The van der Waals surface area contributed by atoms with Gasteiger partial charge in [-0.3, -0.25) is 9.89 Å². The molecular formula is C15H16N2O3. The number of fused-ring (bicyclic) bond motifs is 1. The van der Waals surface area contributed by atoms with Crippen LogP contribution in [0, 0.1) is 6.92 Å². The van der Waals surface area contributed by atoms with Crippen molar-refractivity contribution in [3.8, 4) is 17.0 Å². The average Bonchev–Trinajstić information content (AvgIpc) is 2.79. The Hall–Kier alpha value is -2.30. The van der Waals surface area contributed by atoms with Crippen LogP contribution in [0.3, 0.4) is 0 Å². The number of carboxylic acids is 1. The van der Waals surface area contributed by atoms with E-state index in [-0.39, 0.29) is 6.42 Å². The molecule has 0 amide bonds. The number of aliphatic carboxylic acids is 1. The van der Waals surface area contributed by atoms with Gasteiger partial charge in [0.2, 0.25) is 0 Å². The lowest BCUT2D eigenvalue weighted by atomic mass is 9.98. The molecule has 0 unspecified atom stereocenters. The summed E-state index contributed by atoms with van der Waals surface area (Å²) in [6.07, 6.45) is 1.98. The maximum atomic E-state index is 11.0. The summed E-state index contributed by atoms with van der Waals surface area (Å²) in [5.74, 6) is 0.0732. The molecule has 5 nitrogen and oxygen atoms in total. The van der Waals surface area contributed by atoms with Gasteiger partial charge in [0.15, 0.2) is 0 Å². The Morgan fingerprint density at radius 1 is 1.50 bits per heavy atom. The summed E-state index contributed by atoms with van der Waals surface area (Å²) in [7, 11) is 0. The van der Waals surface area contributed by atoms with E-state index in [1.807, 2.05) is 19.1 Å². The van der Waals surface area contributed by atoms with Crippen LogP contribution >= 0.6 is 0 Å². The minimum absolute atomic E-state index is 0.0226. The van der Waals surface area contributed by atoms with Gasteiger partial charge < -0.3 is 9.84 Å². The average molecular weight is 272 g/mol. The van der Waals surface area contributed by atoms with Crippen LogP contribution in [0.25, 0.3) is 11.3 Å². The molecule has 0 saturated carbocycles. The highest BCUT2D eigenvalue weighted by Crippen LogP contribution is 2.31. The van der Waals surface area contributed by atoms with Crippen LogP contribution in [0.1, 0.15) is 23.2 Å². The molecule has 0 radical (unpaired) electrons. The molecule has 1 aromatic heterocycles. The smallest absolute Gasteiger partial charge is 0.307 e. The number of aromatic amines is 1. The third kappa shape index (κ3) is 2.27. The third-order valence-corrected chi connectivity index (χ3v) is 3.58. The lowest BCUT2D eigenvalue weighted by Crippen LogP contribution is -2.08. The molecule has 20 heavy (non-hydrogen) atoms. The number of nitrogens with one attached hydrogen (secondary N) is 1. The zero-order valence-corrected chi connectivity index (χ0v) is 11.3. The summed E-state index contributed by atoms with van der Waals surface area (Å²) in [5.41, 5.74) is 4.37. The first-order valence-corrected chi connectivity index (χ1v) is 6.67. The number of rotatable bonds is 3. The molecule has 1 aliphatic rings. The standard InChI is InChI=1S/C15H16N2O3/c1-9-12(8-14(18)19)15(17-16-9)11-4-5-13-10(7-11)3-2-6-20-13/h4-5,7H,2-3,6,8H2,1H3,(H,16,17)(H,18,19). The lowest BCUT2D eigenvalue weighted by molar-refractivity contribution is -0.136. The Labute approximate surface area is 116 Å². The molecule has 0 fully saturated rings. The topological polar surface area (TPSA) is 75.2 Å². The minimum atomic E-state index is -0.850. The first-order chi connectivity index (χ1) is 9.65. The molecule has 0 saturated heterocycles. The Kier molecular flexibility index (Phi) is 3.18. The fourth-order valence-corrected chi connectivity index (χ4v) is 2.57. The SMILES string of the molecule is Cc1[nH]nc(-c2ccc3c(c2)CCCO3)c1CC(=O)O. The normalized spacial score (nSPS) is 13.7. The predicted octanol–water partition coefficient (Wildman–Crippen LogP) is 2.34. The van der Waals surface area contributed by atoms with E-state index in [2.05, 4.69) is 16.3 Å². The number of ether oxygens (including phenoxy) is 1. The molecular weight excluding hydrogens is 256 g/mol. The number of benzene rings is 1. The van der Waals surface area contributed by atoms with Gasteiger partial charge in [0.1, 0.15) is 5.75 Å². The molecule has 2 aromatic rings. The first kappa shape index (κ1) is 12.7. The summed E-state index contributed by atoms with van der Waals surface area (Å²) in [6.45, 7) is 2.61. The second-order valence-electron chi connectivity index (χ2n) is 5.02. The van der Waals surface area contributed by atoms with Crippen molar-refractivity contribution in [1.29, 1.82) is 0 Å². The molecule has 0 spiro atoms. The maximum absolute atomic E-state index is 11.0. The summed E-state index contributed by atoms with van der Waals surface area (Å²) in [6, 6.07) is 5.93. The zero-order chi connectivity index (χ0) is 14.1. The number of hydrogen-bond acceptors (Lipinski definition) is 3. The number of carbonyl (C=O) groups is 1. The molecule has 3 rings (SSSR count). The second kappa shape index (κ2) is 5.00. The molecule has 5 heteroatoms. The molecule has 2 N–H and O–H groups in total. The van der Waals surface area contributed by atoms with Crippen LogP contribution in [0.2, 0.25) is 0 Å². The fourth-order valence-electron chi connectivity index (χ4n) is 2.57. The molecule has 0 aliphatic carbocycles. The van der Waals surface area contributed by atoms with Crippen molar-refractivity contribution >= 4 is 5.97 Å². The highest BCUT2D eigenvalue weighted by Gasteiger charge is 2.17. The van der Waals surface area contributed by atoms with E-state index < -0.39 is 5.97 Å². The fraction of sp³-hybridized carbons (Fsp3) is 0.333. The lowest BCUT2D eigenvalue weighted by Gasteiger charge is -2.17. The third-order valence-electron chi connectivity index (χ3n) is 3.58. The van der Waals surface area contributed by atoms with Gasteiger partial charge >= 0.3 is 5.97 Å². The molecule has 104 valence electrons. The van der Waals surface area contributed by atoms with Gasteiger partial charge in [-0.2, -0.15) is 5.10 Å². The van der Waals surface area contributed by atoms with Gasteiger partial charge in [-0.05, 0) is 43.5 Å². The van der Waals surface area contributed by atoms with E-state index >= 15 is 0 Å². The predicted molar refractivity (Wildman–Crippen MR) is 73.9 cm³/mol. The Bertz CT molecular complexity index is 661. The van der Waals surface area contributed by atoms with Crippen LogP contribution < -0.4 is 4.74 Å². The number of aryl methyl sites for hydroxylation is 2. The summed E-state index contributed by atoms with van der Waals surface area (Å²) in [4.78, 5) is 11.0. The Balaban J connectivity index is 2.03. The van der Waals surface area contributed by atoms with Crippen molar-refractivity contribution in [2.75, 3.05) is 6.61 Å². The van der Waals surface area contributed by atoms with Crippen LogP contribution in [0.15, 0.2) is 18.2 Å². The monoisotopic (exact) mass is 272 g/mol. The van der Waals surface area contributed by atoms with Gasteiger partial charge in [0, 0.05) is 16.8 Å². The van der Waals surface area contributed by atoms with Crippen molar-refractivity contribution in [3.63, 3.8) is 0 Å². The molecule has 0 bridgehead atoms. The van der Waals surface area contributed by atoms with E-state index in [1.165, 1.54) is 0 Å². The summed E-state index contributed by atoms with van der Waals surface area (Å²) >= 11 is 0. The summed E-state index contributed by atoms with van der Waals surface area (Å²) in [5, 5.41) is 16.1. The van der Waals surface area contributed by atoms with Gasteiger partial charge in [-0.25, -0.2) is 0 Å². The number of hydrogen-bond donors (Lipinski definition) is 2. The van der Waals surface area contributed by atoms with E-state index in [0.29, 0.717) is 0 Å². The van der Waals surface area contributed by atoms with Gasteiger partial charge in [0.05, 0.1) is 18.7 Å². The van der Waals surface area contributed by atoms with Crippen molar-refractivity contribution in [2.45, 2.75) is 26.2 Å². The van der Waals surface area contributed by atoms with Crippen LogP contribution in [0.5, 0.6) is 5.75 Å². The van der Waals surface area contributed by atoms with Crippen LogP contribution in [0.4, 0.5) is 0 Å². The quantitative estimate of drug-likeness (QED) is 0.899. The number of carboxylic acid groups (broad SMARTS) is 1. The molecule has 1 aliphatic heterocycles. The van der Waals surface area contributed by atoms with Crippen molar-refractivity contribution in [2.24, 2.45) is 0 Å². The molecule has 2 heterocycles. The highest BCUT2D eigenvalue weighted by atomic mass is 16.5. The van der Waals surface area contributed by atoms with Gasteiger partial charge in [-0.1, -0.05) is 0 Å². The maximum Gasteiger partial charge on any atom is 0.307 e. The Morgan fingerprint density at radius 3 is 3.15 bits per heavy atom. The van der Waals surface area contributed by atoms with Crippen LogP contribution in [-0.2, 0) is 17.6 Å². The van der Waals surface area contributed by atoms with Crippen molar-refractivity contribution in [1.82, 2.24) is 10.2 Å². The Morgan fingerprint density at radius 2 is 2.35 bits per heavy atom. The van der Waals surface area contributed by atoms with E-state index in [9.17, 15) is 4.79 Å². The van der Waals surface area contributed by atoms with Gasteiger partial charge in [-0.15, -0.1) is 0 Å². The first-order valence-electron chi connectivity index (χ1n) is 6.67. The number of aromatic nitrogens is 2. The minimum Gasteiger partial charge on any atom is -0.493 e. The van der Waals surface area contributed by atoms with Crippen molar-refractivity contribution in [3.05, 3.63) is 35.0 Å². The largest absolute Gasteiger partial charge is 0.493 e. The molecule has 0 atom stereocenters. The van der Waals surface area contributed by atoms with E-state index in [1.54, 1.807) is 0 Å². The number of H-pyrrole nitrogens is 1. The highest BCUT2D eigenvalue weighted by molar-refractivity contribution is 5.76. The van der Waals surface area contributed by atoms with Gasteiger partial charge in [0.25, 0.3) is 0 Å². The summed E-state index contributed by atoms with van der Waals surface area (Å²) < 4.78 is 5.59. The zero-order valence-electron chi connectivity index (χ0n) is 11.3. The van der Waals surface area contributed by atoms with E-state index in [4.69, 9.17) is 9.84 Å². The second-order valence-corrected chi connectivity index (χ2v) is 5.02. The van der Waals surface area contributed by atoms with Crippen LogP contribution in [-0.4, -0.2) is 27.9 Å².